The molecule has 0 spiro atoms. The first-order valence-electron chi connectivity index (χ1n) is 5.98. The van der Waals surface area contributed by atoms with Crippen molar-refractivity contribution in [2.75, 3.05) is 11.9 Å². The summed E-state index contributed by atoms with van der Waals surface area (Å²) >= 11 is 1.72. The van der Waals surface area contributed by atoms with Gasteiger partial charge in [-0.15, -0.1) is 0 Å². The van der Waals surface area contributed by atoms with Crippen LogP contribution in [0.3, 0.4) is 0 Å². The van der Waals surface area contributed by atoms with Crippen LogP contribution in [0.1, 0.15) is 18.9 Å². The molecule has 1 saturated heterocycles. The number of hydrogen-bond acceptors (Lipinski definition) is 4. The minimum absolute atomic E-state index is 0.281. The molecule has 0 bridgehead atoms. The minimum Gasteiger partial charge on any atom is -0.376 e. The Labute approximate surface area is 105 Å². The lowest BCUT2D eigenvalue weighted by molar-refractivity contribution is 0.121. The third kappa shape index (κ3) is 2.15. The molecule has 2 aromatic rings. The molecule has 1 fully saturated rings. The lowest BCUT2D eigenvalue weighted by atomic mass is 10.2. The van der Waals surface area contributed by atoms with Crippen molar-refractivity contribution < 1.29 is 4.74 Å². The predicted octanol–water partition coefficient (Wildman–Crippen LogP) is 3.19. The zero-order valence-corrected chi connectivity index (χ0v) is 10.9. The molecule has 1 aromatic heterocycles. The number of thiazole rings is 1. The normalized spacial score (nSPS) is 24.4. The van der Waals surface area contributed by atoms with Gasteiger partial charge in [0.05, 0.1) is 22.4 Å². The largest absolute Gasteiger partial charge is 0.376 e. The Morgan fingerprint density at radius 3 is 3.12 bits per heavy atom. The Morgan fingerprint density at radius 1 is 1.47 bits per heavy atom. The van der Waals surface area contributed by atoms with Crippen LogP contribution >= 0.6 is 11.3 Å². The van der Waals surface area contributed by atoms with Gasteiger partial charge in [0.25, 0.3) is 0 Å². The maximum Gasteiger partial charge on any atom is 0.184 e. The molecule has 4 heteroatoms. The first kappa shape index (κ1) is 11.0. The smallest absolute Gasteiger partial charge is 0.184 e. The topological polar surface area (TPSA) is 34.1 Å². The van der Waals surface area contributed by atoms with Gasteiger partial charge in [0.1, 0.15) is 0 Å². The average Bonchev–Trinajstić information content (AvgIpc) is 2.85. The molecule has 2 unspecified atom stereocenters. The monoisotopic (exact) mass is 248 g/mol. The molecule has 0 amide bonds. The van der Waals surface area contributed by atoms with Crippen molar-refractivity contribution in [3.05, 3.63) is 23.8 Å². The lowest BCUT2D eigenvalue weighted by Gasteiger charge is -2.14. The fraction of sp³-hybridized carbons (Fsp3) is 0.462. The van der Waals surface area contributed by atoms with Crippen LogP contribution in [0.4, 0.5) is 5.13 Å². The van der Waals surface area contributed by atoms with E-state index in [-0.39, 0.29) is 6.10 Å². The highest BCUT2D eigenvalue weighted by Gasteiger charge is 2.24. The molecule has 1 N–H and O–H groups in total. The molecule has 0 radical (unpaired) electrons. The summed E-state index contributed by atoms with van der Waals surface area (Å²) in [5, 5.41) is 4.49. The second-order valence-electron chi connectivity index (χ2n) is 4.61. The number of hydrogen-bond donors (Lipinski definition) is 1. The summed E-state index contributed by atoms with van der Waals surface area (Å²) in [6.07, 6.45) is 1.35. The van der Waals surface area contributed by atoms with Crippen molar-refractivity contribution >= 4 is 26.7 Å². The second-order valence-corrected chi connectivity index (χ2v) is 5.64. The maximum atomic E-state index is 5.55. The van der Waals surface area contributed by atoms with E-state index in [4.69, 9.17) is 4.74 Å². The Hall–Kier alpha value is -1.13. The van der Waals surface area contributed by atoms with E-state index in [0.29, 0.717) is 6.04 Å². The van der Waals surface area contributed by atoms with Gasteiger partial charge in [0, 0.05) is 6.61 Å². The summed E-state index contributed by atoms with van der Waals surface area (Å²) in [5.41, 5.74) is 2.34. The number of ether oxygens (including phenoxy) is 1. The Balaban J connectivity index is 1.85. The molecule has 1 aromatic carbocycles. The molecule has 2 heterocycles. The van der Waals surface area contributed by atoms with Crippen LogP contribution < -0.4 is 5.32 Å². The Kier molecular flexibility index (Phi) is 2.76. The molecule has 0 saturated carbocycles. The molecule has 3 nitrogen and oxygen atoms in total. The standard InChI is InChI=1S/C13H16N2OS/c1-8-3-4-12-11(7-8)15-13(17-12)14-10-5-6-16-9(10)2/h3-4,7,9-10H,5-6H2,1-2H3,(H,14,15). The number of benzene rings is 1. The van der Waals surface area contributed by atoms with Crippen LogP contribution in [-0.4, -0.2) is 23.7 Å². The highest BCUT2D eigenvalue weighted by molar-refractivity contribution is 7.22. The number of nitrogens with zero attached hydrogens (tertiary/aromatic N) is 1. The van der Waals surface area contributed by atoms with E-state index in [1.165, 1.54) is 10.3 Å². The van der Waals surface area contributed by atoms with E-state index in [9.17, 15) is 0 Å². The number of fused-ring (bicyclic) bond motifs is 1. The summed E-state index contributed by atoms with van der Waals surface area (Å²) in [5.74, 6) is 0. The molecule has 17 heavy (non-hydrogen) atoms. The number of aromatic nitrogens is 1. The maximum absolute atomic E-state index is 5.55. The van der Waals surface area contributed by atoms with E-state index in [0.717, 1.165) is 23.7 Å². The van der Waals surface area contributed by atoms with Crippen LogP contribution in [-0.2, 0) is 4.74 Å². The van der Waals surface area contributed by atoms with Crippen LogP contribution in [0.5, 0.6) is 0 Å². The van der Waals surface area contributed by atoms with Crippen LogP contribution in [0.2, 0.25) is 0 Å². The third-order valence-corrected chi connectivity index (χ3v) is 4.20. The van der Waals surface area contributed by atoms with E-state index in [1.807, 2.05) is 0 Å². The number of aryl methyl sites for hydroxylation is 1. The Morgan fingerprint density at radius 2 is 2.35 bits per heavy atom. The van der Waals surface area contributed by atoms with Gasteiger partial charge in [0.15, 0.2) is 5.13 Å². The molecule has 1 aliphatic heterocycles. The average molecular weight is 248 g/mol. The Bertz CT molecular complexity index is 537. The van der Waals surface area contributed by atoms with E-state index >= 15 is 0 Å². The van der Waals surface area contributed by atoms with Crippen LogP contribution in [0.15, 0.2) is 18.2 Å². The molecule has 90 valence electrons. The van der Waals surface area contributed by atoms with Gasteiger partial charge in [-0.25, -0.2) is 4.98 Å². The quantitative estimate of drug-likeness (QED) is 0.886. The van der Waals surface area contributed by atoms with Gasteiger partial charge in [-0.3, -0.25) is 0 Å². The van der Waals surface area contributed by atoms with Crippen LogP contribution in [0.25, 0.3) is 10.2 Å². The molecule has 3 rings (SSSR count). The van der Waals surface area contributed by atoms with Crippen molar-refractivity contribution in [1.29, 1.82) is 0 Å². The van der Waals surface area contributed by atoms with E-state index in [2.05, 4.69) is 42.3 Å². The molecule has 1 aliphatic rings. The van der Waals surface area contributed by atoms with Crippen LogP contribution in [0, 0.1) is 6.92 Å². The first-order chi connectivity index (χ1) is 8.22. The highest BCUT2D eigenvalue weighted by atomic mass is 32.1. The summed E-state index contributed by atoms with van der Waals surface area (Å²) in [4.78, 5) is 4.62. The molecular formula is C13H16N2OS. The van der Waals surface area contributed by atoms with Gasteiger partial charge in [-0.1, -0.05) is 17.4 Å². The van der Waals surface area contributed by atoms with Crippen molar-refractivity contribution in [1.82, 2.24) is 4.98 Å². The van der Waals surface area contributed by atoms with Crippen molar-refractivity contribution in [2.24, 2.45) is 0 Å². The molecular weight excluding hydrogens is 232 g/mol. The predicted molar refractivity (Wildman–Crippen MR) is 71.8 cm³/mol. The first-order valence-corrected chi connectivity index (χ1v) is 6.79. The van der Waals surface area contributed by atoms with E-state index < -0.39 is 0 Å². The SMILES string of the molecule is Cc1ccc2sc(NC3CCOC3C)nc2c1. The van der Waals surface area contributed by atoms with Crippen molar-refractivity contribution in [3.63, 3.8) is 0 Å². The lowest BCUT2D eigenvalue weighted by Crippen LogP contribution is -2.26. The summed E-state index contributed by atoms with van der Waals surface area (Å²) in [6, 6.07) is 6.80. The third-order valence-electron chi connectivity index (χ3n) is 3.23. The number of nitrogens with one attached hydrogen (secondary N) is 1. The highest BCUT2D eigenvalue weighted by Crippen LogP contribution is 2.28. The van der Waals surface area contributed by atoms with Gasteiger partial charge in [-0.05, 0) is 38.0 Å². The summed E-state index contributed by atoms with van der Waals surface area (Å²) < 4.78 is 6.79. The van der Waals surface area contributed by atoms with Gasteiger partial charge < -0.3 is 10.1 Å². The number of rotatable bonds is 2. The second kappa shape index (κ2) is 4.27. The minimum atomic E-state index is 0.281. The van der Waals surface area contributed by atoms with Gasteiger partial charge >= 0.3 is 0 Å². The summed E-state index contributed by atoms with van der Waals surface area (Å²) in [6.45, 7) is 5.06. The molecule has 0 aliphatic carbocycles. The van der Waals surface area contributed by atoms with Crippen molar-refractivity contribution in [2.45, 2.75) is 32.4 Å². The van der Waals surface area contributed by atoms with Crippen molar-refractivity contribution in [3.8, 4) is 0 Å². The number of anilines is 1. The summed E-state index contributed by atoms with van der Waals surface area (Å²) in [7, 11) is 0. The molecule has 2 atom stereocenters. The van der Waals surface area contributed by atoms with Gasteiger partial charge in [0.2, 0.25) is 0 Å². The van der Waals surface area contributed by atoms with Gasteiger partial charge in [-0.2, -0.15) is 0 Å². The zero-order chi connectivity index (χ0) is 11.8. The fourth-order valence-corrected chi connectivity index (χ4v) is 3.09. The van der Waals surface area contributed by atoms with E-state index in [1.54, 1.807) is 11.3 Å². The zero-order valence-electron chi connectivity index (χ0n) is 10.1. The fourth-order valence-electron chi connectivity index (χ4n) is 2.18.